The van der Waals surface area contributed by atoms with Crippen molar-refractivity contribution in [3.63, 3.8) is 0 Å². The molecule has 1 fully saturated rings. The smallest absolute Gasteiger partial charge is 0.309 e. The molecule has 39 heavy (non-hydrogen) atoms. The number of carbonyl (C=O) groups is 3. The Morgan fingerprint density at radius 1 is 1.31 bits per heavy atom. The van der Waals surface area contributed by atoms with Crippen LogP contribution in [0.4, 0.5) is 0 Å². The summed E-state index contributed by atoms with van der Waals surface area (Å²) in [6.45, 7) is 11.8. The number of hydrogen-bond acceptors (Lipinski definition) is 9. The number of hydrogen-bond donors (Lipinski definition) is 3. The number of aliphatic hydroxyl groups is 3. The number of ketones is 1. The number of ether oxygens (including phenoxy) is 3. The van der Waals surface area contributed by atoms with Crippen LogP contribution in [0.3, 0.4) is 0 Å². The van der Waals surface area contributed by atoms with E-state index in [0.717, 1.165) is 0 Å². The molecule has 0 aromatic heterocycles. The first-order valence-corrected chi connectivity index (χ1v) is 13.8. The normalized spacial score (nSPS) is 34.8. The average molecular weight is 551 g/mol. The fourth-order valence-electron chi connectivity index (χ4n) is 4.87. The first kappa shape index (κ1) is 32.9. The van der Waals surface area contributed by atoms with E-state index in [1.165, 1.54) is 13.8 Å². The van der Waals surface area contributed by atoms with Crippen molar-refractivity contribution < 1.29 is 43.9 Å². The van der Waals surface area contributed by atoms with Crippen LogP contribution < -0.4 is 0 Å². The van der Waals surface area contributed by atoms with Crippen LogP contribution >= 0.6 is 0 Å². The summed E-state index contributed by atoms with van der Waals surface area (Å²) < 4.78 is 16.7. The zero-order chi connectivity index (χ0) is 29.5. The zero-order valence-electron chi connectivity index (χ0n) is 24.3. The molecule has 0 spiro atoms. The van der Waals surface area contributed by atoms with Crippen molar-refractivity contribution in [1.29, 1.82) is 0 Å². The maximum absolute atomic E-state index is 12.6. The van der Waals surface area contributed by atoms with Gasteiger partial charge in [0.15, 0.2) is 0 Å². The lowest BCUT2D eigenvalue weighted by molar-refractivity contribution is -0.157. The van der Waals surface area contributed by atoms with Crippen LogP contribution in [0.2, 0.25) is 0 Å². The first-order chi connectivity index (χ1) is 18.1. The fraction of sp³-hybridized carbons (Fsp3) is 0.700. The zero-order valence-corrected chi connectivity index (χ0v) is 24.3. The molecule has 0 saturated carbocycles. The SMILES string of the molecule is CCC(=O)C(C)C1OC1CC(C)(O)C=CC=C(C)C1OC(=O)CC(O)CCC(C)(O)C(OC(C)=O)C=CC1C. The van der Waals surface area contributed by atoms with Crippen molar-refractivity contribution in [2.45, 2.75) is 122 Å². The van der Waals surface area contributed by atoms with E-state index in [-0.39, 0.29) is 49.1 Å². The van der Waals surface area contributed by atoms with Crippen LogP contribution in [-0.4, -0.2) is 74.8 Å². The summed E-state index contributed by atoms with van der Waals surface area (Å²) in [4.78, 5) is 36.2. The van der Waals surface area contributed by atoms with Gasteiger partial charge >= 0.3 is 11.9 Å². The summed E-state index contributed by atoms with van der Waals surface area (Å²) in [5.41, 5.74) is -1.92. The molecule has 0 radical (unpaired) electrons. The Morgan fingerprint density at radius 3 is 2.59 bits per heavy atom. The third kappa shape index (κ3) is 10.3. The van der Waals surface area contributed by atoms with E-state index in [1.54, 1.807) is 44.2 Å². The number of esters is 2. The standard InChI is InChI=1S/C30H46O9/c1-8-23(33)20(4)28-24(38-28)17-29(6,35)14-9-10-18(2)27-19(3)11-12-25(37-21(5)31)30(7,36)15-13-22(32)16-26(34)39-27/h9-12,14,19-20,22,24-25,27-28,32,35-36H,8,13,15-17H2,1-7H3. The predicted molar refractivity (Wildman–Crippen MR) is 145 cm³/mol. The number of rotatable bonds is 9. The Morgan fingerprint density at radius 2 is 1.97 bits per heavy atom. The van der Waals surface area contributed by atoms with Crippen molar-refractivity contribution in [2.75, 3.05) is 0 Å². The monoisotopic (exact) mass is 550 g/mol. The molecule has 2 aliphatic rings. The molecule has 3 N–H and O–H groups in total. The number of Topliss-reactive ketones (excluding diaryl/α,β-unsaturated/α-hetero) is 1. The summed E-state index contributed by atoms with van der Waals surface area (Å²) in [6.07, 6.45) is 6.16. The molecule has 220 valence electrons. The van der Waals surface area contributed by atoms with Crippen molar-refractivity contribution in [1.82, 2.24) is 0 Å². The van der Waals surface area contributed by atoms with Crippen molar-refractivity contribution in [2.24, 2.45) is 11.8 Å². The van der Waals surface area contributed by atoms with E-state index in [0.29, 0.717) is 18.4 Å². The van der Waals surface area contributed by atoms with Crippen molar-refractivity contribution >= 4 is 17.7 Å². The number of allylic oxidation sites excluding steroid dienone is 2. The molecule has 0 aromatic carbocycles. The lowest BCUT2D eigenvalue weighted by Gasteiger charge is -2.32. The summed E-state index contributed by atoms with van der Waals surface area (Å²) in [7, 11) is 0. The van der Waals surface area contributed by atoms with Crippen LogP contribution in [0.25, 0.3) is 0 Å². The quantitative estimate of drug-likeness (QED) is 0.170. The van der Waals surface area contributed by atoms with Gasteiger partial charge in [-0.2, -0.15) is 0 Å². The van der Waals surface area contributed by atoms with Gasteiger partial charge in [-0.3, -0.25) is 14.4 Å². The molecule has 9 heteroatoms. The Labute approximate surface area is 231 Å². The van der Waals surface area contributed by atoms with E-state index in [4.69, 9.17) is 14.2 Å². The van der Waals surface area contributed by atoms with Gasteiger partial charge in [0.2, 0.25) is 0 Å². The highest BCUT2D eigenvalue weighted by molar-refractivity contribution is 5.81. The maximum atomic E-state index is 12.6. The Kier molecular flexibility index (Phi) is 11.7. The van der Waals surface area contributed by atoms with Crippen LogP contribution in [0, 0.1) is 11.8 Å². The third-order valence-corrected chi connectivity index (χ3v) is 7.47. The molecule has 1 saturated heterocycles. The molecule has 2 aliphatic heterocycles. The van der Waals surface area contributed by atoms with Gasteiger partial charge in [-0.05, 0) is 45.3 Å². The van der Waals surface area contributed by atoms with Crippen molar-refractivity contribution in [3.8, 4) is 0 Å². The molecule has 0 amide bonds. The summed E-state index contributed by atoms with van der Waals surface area (Å²) >= 11 is 0. The van der Waals surface area contributed by atoms with E-state index in [2.05, 4.69) is 0 Å². The second-order valence-electron chi connectivity index (χ2n) is 11.5. The molecule has 0 bridgehead atoms. The maximum Gasteiger partial charge on any atom is 0.309 e. The van der Waals surface area contributed by atoms with Crippen LogP contribution in [0.1, 0.15) is 80.6 Å². The van der Waals surface area contributed by atoms with E-state index in [1.807, 2.05) is 20.8 Å². The molecule has 2 heterocycles. The predicted octanol–water partition coefficient (Wildman–Crippen LogP) is 3.34. The van der Waals surface area contributed by atoms with E-state index in [9.17, 15) is 29.7 Å². The van der Waals surface area contributed by atoms with Gasteiger partial charge in [-0.15, -0.1) is 0 Å². The molecule has 2 rings (SSSR count). The number of epoxide rings is 1. The second kappa shape index (κ2) is 13.8. The molecule has 9 nitrogen and oxygen atoms in total. The third-order valence-electron chi connectivity index (χ3n) is 7.47. The van der Waals surface area contributed by atoms with Gasteiger partial charge in [-0.25, -0.2) is 0 Å². The van der Waals surface area contributed by atoms with Gasteiger partial charge in [0.05, 0.1) is 30.3 Å². The van der Waals surface area contributed by atoms with Crippen LogP contribution in [0.15, 0.2) is 36.0 Å². The second-order valence-corrected chi connectivity index (χ2v) is 11.5. The largest absolute Gasteiger partial charge is 0.457 e. The number of cyclic esters (lactones) is 1. The summed E-state index contributed by atoms with van der Waals surface area (Å²) in [6, 6.07) is 0. The topological polar surface area (TPSA) is 143 Å². The molecule has 9 unspecified atom stereocenters. The highest BCUT2D eigenvalue weighted by Gasteiger charge is 2.47. The first-order valence-electron chi connectivity index (χ1n) is 13.8. The van der Waals surface area contributed by atoms with Crippen molar-refractivity contribution in [3.05, 3.63) is 36.0 Å². The van der Waals surface area contributed by atoms with Gasteiger partial charge < -0.3 is 29.5 Å². The highest BCUT2D eigenvalue weighted by atomic mass is 16.6. The van der Waals surface area contributed by atoms with Gasteiger partial charge in [0.25, 0.3) is 0 Å². The van der Waals surface area contributed by atoms with Crippen LogP contribution in [0.5, 0.6) is 0 Å². The minimum atomic E-state index is -1.44. The highest BCUT2D eigenvalue weighted by Crippen LogP contribution is 2.36. The minimum Gasteiger partial charge on any atom is -0.457 e. The van der Waals surface area contributed by atoms with Gasteiger partial charge in [-0.1, -0.05) is 45.1 Å². The van der Waals surface area contributed by atoms with E-state index >= 15 is 0 Å². The Balaban J connectivity index is 2.18. The molecule has 0 aliphatic carbocycles. The number of carbonyl (C=O) groups excluding carboxylic acids is 3. The minimum absolute atomic E-state index is 0.117. The van der Waals surface area contributed by atoms with Gasteiger partial charge in [0, 0.05) is 31.6 Å². The van der Waals surface area contributed by atoms with E-state index < -0.39 is 41.5 Å². The number of aliphatic hydroxyl groups excluding tert-OH is 1. The Bertz CT molecular complexity index is 961. The lowest BCUT2D eigenvalue weighted by Crippen LogP contribution is -2.42. The van der Waals surface area contributed by atoms with Crippen LogP contribution in [-0.2, 0) is 28.6 Å². The molecule has 9 atom stereocenters. The van der Waals surface area contributed by atoms with Gasteiger partial charge in [0.1, 0.15) is 23.6 Å². The molecule has 0 aromatic rings. The Hall–Kier alpha value is -2.33. The summed E-state index contributed by atoms with van der Waals surface area (Å²) in [5, 5.41) is 32.1. The lowest BCUT2D eigenvalue weighted by atomic mass is 9.88. The average Bonchev–Trinajstić information content (AvgIpc) is 3.59. The molecular formula is C30H46O9. The molecular weight excluding hydrogens is 504 g/mol. The fourth-order valence-corrected chi connectivity index (χ4v) is 4.87. The summed E-state index contributed by atoms with van der Waals surface area (Å²) in [5.74, 6) is -1.53.